The van der Waals surface area contributed by atoms with Crippen molar-refractivity contribution in [2.45, 2.75) is 52.0 Å². The van der Waals surface area contributed by atoms with Crippen LogP contribution < -0.4 is 5.32 Å². The molecule has 1 saturated heterocycles. The molecule has 1 heterocycles. The highest BCUT2D eigenvalue weighted by molar-refractivity contribution is 7.89. The molecule has 30 heavy (non-hydrogen) atoms. The summed E-state index contributed by atoms with van der Waals surface area (Å²) < 4.78 is 31.9. The van der Waals surface area contributed by atoms with E-state index in [1.54, 1.807) is 0 Å². The zero-order chi connectivity index (χ0) is 21.4. The van der Waals surface area contributed by atoms with Crippen molar-refractivity contribution in [2.24, 2.45) is 0 Å². The monoisotopic (exact) mass is 430 g/mol. The summed E-state index contributed by atoms with van der Waals surface area (Å²) in [6.07, 6.45) is 1.85. The lowest BCUT2D eigenvalue weighted by molar-refractivity contribution is -0.124. The van der Waals surface area contributed by atoms with Crippen LogP contribution >= 0.6 is 0 Å². The third kappa shape index (κ3) is 6.14. The minimum Gasteiger partial charge on any atom is -0.372 e. The number of carbonyl (C=O) groups is 1. The van der Waals surface area contributed by atoms with Crippen molar-refractivity contribution in [1.82, 2.24) is 9.62 Å². The van der Waals surface area contributed by atoms with E-state index >= 15 is 0 Å². The number of rotatable bonds is 10. The molecule has 162 valence electrons. The van der Waals surface area contributed by atoms with Gasteiger partial charge in [-0.25, -0.2) is 8.42 Å². The summed E-state index contributed by atoms with van der Waals surface area (Å²) in [6, 6.07) is 17.3. The maximum absolute atomic E-state index is 12.6. The van der Waals surface area contributed by atoms with Crippen LogP contribution in [0.1, 0.15) is 42.9 Å². The average molecular weight is 431 g/mol. The average Bonchev–Trinajstić information content (AvgIpc) is 3.25. The van der Waals surface area contributed by atoms with Crippen molar-refractivity contribution in [3.05, 3.63) is 71.3 Å². The summed E-state index contributed by atoms with van der Waals surface area (Å²) >= 11 is 0. The summed E-state index contributed by atoms with van der Waals surface area (Å²) in [5.74, 6) is -0.132. The number of nitrogens with one attached hydrogen (secondary N) is 1. The maximum Gasteiger partial charge on any atom is 0.238 e. The van der Waals surface area contributed by atoms with Gasteiger partial charge in [-0.1, -0.05) is 61.5 Å². The van der Waals surface area contributed by atoms with Gasteiger partial charge in [-0.05, 0) is 36.0 Å². The van der Waals surface area contributed by atoms with Gasteiger partial charge >= 0.3 is 0 Å². The Balaban J connectivity index is 1.47. The van der Waals surface area contributed by atoms with Crippen molar-refractivity contribution in [2.75, 3.05) is 12.3 Å². The Morgan fingerprint density at radius 1 is 1.03 bits per heavy atom. The summed E-state index contributed by atoms with van der Waals surface area (Å²) in [6.45, 7) is 3.73. The summed E-state index contributed by atoms with van der Waals surface area (Å²) in [5, 5.41) is 2.89. The van der Waals surface area contributed by atoms with E-state index in [0.717, 1.165) is 23.1 Å². The number of hydrogen-bond acceptors (Lipinski definition) is 4. The Bertz CT molecular complexity index is 914. The summed E-state index contributed by atoms with van der Waals surface area (Å²) in [5.41, 5.74) is 3.17. The second-order valence-corrected chi connectivity index (χ2v) is 9.64. The first-order valence-electron chi connectivity index (χ1n) is 10.5. The molecule has 0 bridgehead atoms. The zero-order valence-electron chi connectivity index (χ0n) is 17.4. The normalized spacial score (nSPS) is 17.2. The molecule has 1 N–H and O–H groups in total. The largest absolute Gasteiger partial charge is 0.372 e. The molecule has 2 aromatic rings. The van der Waals surface area contributed by atoms with Gasteiger partial charge in [0.15, 0.2) is 0 Å². The van der Waals surface area contributed by atoms with Gasteiger partial charge in [0.25, 0.3) is 0 Å². The summed E-state index contributed by atoms with van der Waals surface area (Å²) in [7, 11) is -3.36. The highest BCUT2D eigenvalue weighted by atomic mass is 32.2. The molecule has 0 radical (unpaired) electrons. The third-order valence-corrected chi connectivity index (χ3v) is 7.27. The van der Waals surface area contributed by atoms with E-state index in [1.165, 1.54) is 4.31 Å². The predicted molar refractivity (Wildman–Crippen MR) is 117 cm³/mol. The number of ether oxygens (including phenoxy) is 1. The van der Waals surface area contributed by atoms with E-state index in [9.17, 15) is 13.2 Å². The molecular weight excluding hydrogens is 400 g/mol. The van der Waals surface area contributed by atoms with Gasteiger partial charge in [0.2, 0.25) is 15.9 Å². The van der Waals surface area contributed by atoms with Crippen LogP contribution in [0.25, 0.3) is 0 Å². The topological polar surface area (TPSA) is 75.7 Å². The van der Waals surface area contributed by atoms with Crippen molar-refractivity contribution in [3.8, 4) is 0 Å². The summed E-state index contributed by atoms with van der Waals surface area (Å²) in [4.78, 5) is 12.6. The molecule has 0 spiro atoms. The highest BCUT2D eigenvalue weighted by Gasteiger charge is 2.37. The fourth-order valence-electron chi connectivity index (χ4n) is 3.63. The molecule has 1 fully saturated rings. The van der Waals surface area contributed by atoms with Crippen LogP contribution in [0.2, 0.25) is 0 Å². The number of hydrogen-bond donors (Lipinski definition) is 1. The van der Waals surface area contributed by atoms with E-state index in [2.05, 4.69) is 5.32 Å². The van der Waals surface area contributed by atoms with Crippen molar-refractivity contribution in [1.29, 1.82) is 0 Å². The molecule has 7 heteroatoms. The lowest BCUT2D eigenvalue weighted by Crippen LogP contribution is -2.46. The molecule has 1 unspecified atom stereocenters. The number of amides is 1. The Morgan fingerprint density at radius 2 is 1.67 bits per heavy atom. The van der Waals surface area contributed by atoms with Crippen LogP contribution in [0.5, 0.6) is 0 Å². The fraction of sp³-hybridized carbons (Fsp3) is 0.435. The molecule has 0 aliphatic carbocycles. The predicted octanol–water partition coefficient (Wildman–Crippen LogP) is 3.22. The van der Waals surface area contributed by atoms with Crippen molar-refractivity contribution >= 4 is 15.9 Å². The van der Waals surface area contributed by atoms with Gasteiger partial charge in [-0.15, -0.1) is 0 Å². The quantitative estimate of drug-likeness (QED) is 0.628. The number of nitrogens with zero attached hydrogens (tertiary/aromatic N) is 1. The first-order valence-corrected chi connectivity index (χ1v) is 12.1. The van der Waals surface area contributed by atoms with Gasteiger partial charge < -0.3 is 10.1 Å². The Morgan fingerprint density at radius 3 is 2.33 bits per heavy atom. The molecule has 1 aliphatic rings. The van der Waals surface area contributed by atoms with Gasteiger partial charge in [-0.2, -0.15) is 4.31 Å². The van der Waals surface area contributed by atoms with E-state index in [4.69, 9.17) is 4.74 Å². The lowest BCUT2D eigenvalue weighted by atomic mass is 10.1. The molecule has 3 rings (SSSR count). The fourth-order valence-corrected chi connectivity index (χ4v) is 5.38. The molecule has 1 amide bonds. The molecule has 6 nitrogen and oxygen atoms in total. The number of sulfonamides is 1. The van der Waals surface area contributed by atoms with Gasteiger partial charge in [0.05, 0.1) is 19.0 Å². The van der Waals surface area contributed by atoms with Crippen molar-refractivity contribution in [3.63, 3.8) is 0 Å². The van der Waals surface area contributed by atoms with Crippen molar-refractivity contribution < 1.29 is 17.9 Å². The Kier molecular flexibility index (Phi) is 8.01. The van der Waals surface area contributed by atoms with Crippen LogP contribution in [0.4, 0.5) is 0 Å². The number of carbonyl (C=O) groups excluding carboxylic acids is 1. The molecule has 0 saturated carbocycles. The number of benzene rings is 2. The van der Waals surface area contributed by atoms with Gasteiger partial charge in [-0.3, -0.25) is 4.79 Å². The molecule has 0 aromatic heterocycles. The second-order valence-electron chi connectivity index (χ2n) is 7.60. The second kappa shape index (κ2) is 10.7. The third-order valence-electron chi connectivity index (χ3n) is 5.20. The molecule has 1 atom stereocenters. The standard InChI is InChI=1S/C23H30N2O4S/c1-2-15-30(27,28)25-14-6-9-22(25)23(26)24-16-19-10-12-21(13-11-19)18-29-17-20-7-4-3-5-8-20/h3-5,7-8,10-13,22H,2,6,9,14-18H2,1H3,(H,24,26). The first-order chi connectivity index (χ1) is 14.5. The van der Waals surface area contributed by atoms with Gasteiger partial charge in [0, 0.05) is 13.1 Å². The van der Waals surface area contributed by atoms with E-state index < -0.39 is 16.1 Å². The lowest BCUT2D eigenvalue weighted by Gasteiger charge is -2.23. The molecular formula is C23H30N2O4S. The maximum atomic E-state index is 12.6. The van der Waals surface area contributed by atoms with Crippen LogP contribution in [0.3, 0.4) is 0 Å². The highest BCUT2D eigenvalue weighted by Crippen LogP contribution is 2.22. The van der Waals surface area contributed by atoms with Crippen LogP contribution in [-0.2, 0) is 39.3 Å². The minimum absolute atomic E-state index is 0.0879. The van der Waals surface area contributed by atoms with E-state index in [1.807, 2.05) is 61.5 Å². The van der Waals surface area contributed by atoms with Crippen LogP contribution in [-0.4, -0.2) is 37.0 Å². The van der Waals surface area contributed by atoms with Gasteiger partial charge in [0.1, 0.15) is 6.04 Å². The first kappa shape index (κ1) is 22.5. The molecule has 2 aromatic carbocycles. The van der Waals surface area contributed by atoms with Crippen LogP contribution in [0, 0.1) is 0 Å². The Hall–Kier alpha value is -2.22. The SMILES string of the molecule is CCCS(=O)(=O)N1CCCC1C(=O)NCc1ccc(COCc2ccccc2)cc1. The minimum atomic E-state index is -3.36. The van der Waals surface area contributed by atoms with Crippen LogP contribution in [0.15, 0.2) is 54.6 Å². The zero-order valence-corrected chi connectivity index (χ0v) is 18.2. The molecule has 1 aliphatic heterocycles. The Labute approximate surface area is 179 Å². The van der Waals surface area contributed by atoms with E-state index in [0.29, 0.717) is 39.1 Å². The van der Waals surface area contributed by atoms with E-state index in [-0.39, 0.29) is 11.7 Å². The smallest absolute Gasteiger partial charge is 0.238 e.